The van der Waals surface area contributed by atoms with Crippen molar-refractivity contribution < 1.29 is 9.90 Å². The predicted molar refractivity (Wildman–Crippen MR) is 81.8 cm³/mol. The van der Waals surface area contributed by atoms with Gasteiger partial charge >= 0.3 is 6.09 Å². The van der Waals surface area contributed by atoms with E-state index in [9.17, 15) is 4.79 Å². The molecule has 7 nitrogen and oxygen atoms in total. The lowest BCUT2D eigenvalue weighted by atomic mass is 9.82. The van der Waals surface area contributed by atoms with Gasteiger partial charge in [-0.05, 0) is 49.1 Å². The molecule has 2 N–H and O–H groups in total. The maximum atomic E-state index is 10.5. The smallest absolute Gasteiger partial charge is 0.404 e. The first-order valence-corrected chi connectivity index (χ1v) is 7.80. The van der Waals surface area contributed by atoms with Crippen LogP contribution in [-0.4, -0.2) is 37.5 Å². The average molecular weight is 324 g/mol. The largest absolute Gasteiger partial charge is 0.465 e. The summed E-state index contributed by atoms with van der Waals surface area (Å²) in [6, 6.07) is 0. The SMILES string of the molecule is O=C(O)NCC1CCC(Cn2ncc3cnc(Cl)nc32)CC1. The number of hydrogen-bond acceptors (Lipinski definition) is 4. The molecule has 0 radical (unpaired) electrons. The molecule has 1 aliphatic rings. The summed E-state index contributed by atoms with van der Waals surface area (Å²) in [7, 11) is 0. The Morgan fingerprint density at radius 2 is 2.05 bits per heavy atom. The van der Waals surface area contributed by atoms with Gasteiger partial charge in [0.1, 0.15) is 0 Å². The maximum absolute atomic E-state index is 10.5. The summed E-state index contributed by atoms with van der Waals surface area (Å²) in [5.41, 5.74) is 0.773. The molecule has 2 heterocycles. The Morgan fingerprint density at radius 3 is 2.77 bits per heavy atom. The molecular formula is C14H18ClN5O2. The van der Waals surface area contributed by atoms with Crippen molar-refractivity contribution in [3.8, 4) is 0 Å². The highest BCUT2D eigenvalue weighted by Crippen LogP contribution is 2.30. The molecule has 0 atom stereocenters. The highest BCUT2D eigenvalue weighted by atomic mass is 35.5. The summed E-state index contributed by atoms with van der Waals surface area (Å²) in [4.78, 5) is 18.7. The summed E-state index contributed by atoms with van der Waals surface area (Å²) < 4.78 is 1.89. The van der Waals surface area contributed by atoms with Crippen LogP contribution in [0.3, 0.4) is 0 Å². The lowest BCUT2D eigenvalue weighted by molar-refractivity contribution is 0.186. The van der Waals surface area contributed by atoms with Crippen LogP contribution in [0.1, 0.15) is 25.7 Å². The minimum absolute atomic E-state index is 0.234. The first-order valence-electron chi connectivity index (χ1n) is 7.42. The number of nitrogens with zero attached hydrogens (tertiary/aromatic N) is 4. The van der Waals surface area contributed by atoms with Crippen molar-refractivity contribution >= 4 is 28.7 Å². The van der Waals surface area contributed by atoms with Gasteiger partial charge in [-0.2, -0.15) is 10.1 Å². The third-order valence-electron chi connectivity index (χ3n) is 4.29. The van der Waals surface area contributed by atoms with Crippen LogP contribution in [0.15, 0.2) is 12.4 Å². The number of carbonyl (C=O) groups is 1. The van der Waals surface area contributed by atoms with Gasteiger partial charge in [0.05, 0.1) is 11.6 Å². The number of carboxylic acid groups (broad SMARTS) is 1. The van der Waals surface area contributed by atoms with Crippen molar-refractivity contribution in [2.24, 2.45) is 11.8 Å². The lowest BCUT2D eigenvalue weighted by Gasteiger charge is -2.28. The van der Waals surface area contributed by atoms with E-state index in [2.05, 4.69) is 20.4 Å². The van der Waals surface area contributed by atoms with E-state index in [-0.39, 0.29) is 5.28 Å². The maximum Gasteiger partial charge on any atom is 0.404 e. The van der Waals surface area contributed by atoms with E-state index in [1.165, 1.54) is 0 Å². The van der Waals surface area contributed by atoms with Gasteiger partial charge in [0.2, 0.25) is 5.28 Å². The van der Waals surface area contributed by atoms with Crippen LogP contribution in [0, 0.1) is 11.8 Å². The molecule has 0 bridgehead atoms. The second kappa shape index (κ2) is 6.48. The fourth-order valence-corrected chi connectivity index (χ4v) is 3.20. The molecule has 22 heavy (non-hydrogen) atoms. The molecule has 2 aromatic heterocycles. The van der Waals surface area contributed by atoms with E-state index in [1.54, 1.807) is 12.4 Å². The lowest BCUT2D eigenvalue weighted by Crippen LogP contribution is -2.30. The van der Waals surface area contributed by atoms with Crippen LogP contribution in [0.2, 0.25) is 5.28 Å². The molecule has 118 valence electrons. The predicted octanol–water partition coefficient (Wildman–Crippen LogP) is 2.55. The van der Waals surface area contributed by atoms with Crippen molar-refractivity contribution in [3.05, 3.63) is 17.7 Å². The van der Waals surface area contributed by atoms with Crippen molar-refractivity contribution in [1.82, 2.24) is 25.1 Å². The monoisotopic (exact) mass is 323 g/mol. The fourth-order valence-electron chi connectivity index (χ4n) is 3.07. The van der Waals surface area contributed by atoms with Crippen LogP contribution in [0.25, 0.3) is 11.0 Å². The molecule has 0 unspecified atom stereocenters. The number of hydrogen-bond donors (Lipinski definition) is 2. The minimum Gasteiger partial charge on any atom is -0.465 e. The molecular weight excluding hydrogens is 306 g/mol. The van der Waals surface area contributed by atoms with Crippen molar-refractivity contribution in [2.45, 2.75) is 32.2 Å². The summed E-state index contributed by atoms with van der Waals surface area (Å²) >= 11 is 5.85. The van der Waals surface area contributed by atoms with Crippen LogP contribution < -0.4 is 5.32 Å². The molecule has 0 aromatic carbocycles. The summed E-state index contributed by atoms with van der Waals surface area (Å²) in [5, 5.41) is 16.6. The number of amides is 1. The Hall–Kier alpha value is -1.89. The van der Waals surface area contributed by atoms with Gasteiger partial charge in [-0.1, -0.05) is 0 Å². The molecule has 0 spiro atoms. The molecule has 0 saturated heterocycles. The zero-order chi connectivity index (χ0) is 15.5. The van der Waals surface area contributed by atoms with E-state index in [0.29, 0.717) is 18.4 Å². The number of rotatable bonds is 4. The van der Waals surface area contributed by atoms with Crippen molar-refractivity contribution in [3.63, 3.8) is 0 Å². The van der Waals surface area contributed by atoms with Gasteiger partial charge in [-0.15, -0.1) is 0 Å². The second-order valence-corrected chi connectivity index (χ2v) is 6.16. The fraction of sp³-hybridized carbons (Fsp3) is 0.571. The molecule has 1 fully saturated rings. The Bertz CT molecular complexity index is 666. The van der Waals surface area contributed by atoms with Crippen LogP contribution in [0.5, 0.6) is 0 Å². The molecule has 0 aliphatic heterocycles. The minimum atomic E-state index is -0.943. The Balaban J connectivity index is 1.58. The third kappa shape index (κ3) is 3.47. The van der Waals surface area contributed by atoms with Crippen LogP contribution in [-0.2, 0) is 6.54 Å². The zero-order valence-electron chi connectivity index (χ0n) is 12.1. The number of aromatic nitrogens is 4. The highest BCUT2D eigenvalue weighted by Gasteiger charge is 2.22. The zero-order valence-corrected chi connectivity index (χ0v) is 12.8. The van der Waals surface area contributed by atoms with E-state index < -0.39 is 6.09 Å². The van der Waals surface area contributed by atoms with E-state index in [4.69, 9.17) is 16.7 Å². The number of fused-ring (bicyclic) bond motifs is 1. The first kappa shape index (κ1) is 15.0. The molecule has 3 rings (SSSR count). The van der Waals surface area contributed by atoms with Gasteiger partial charge in [-0.3, -0.25) is 0 Å². The Labute approximate surface area is 132 Å². The molecule has 1 saturated carbocycles. The summed E-state index contributed by atoms with van der Waals surface area (Å²) in [5.74, 6) is 0.983. The van der Waals surface area contributed by atoms with Gasteiger partial charge in [-0.25, -0.2) is 14.5 Å². The van der Waals surface area contributed by atoms with Gasteiger partial charge in [0.25, 0.3) is 0 Å². The van der Waals surface area contributed by atoms with Crippen molar-refractivity contribution in [1.29, 1.82) is 0 Å². The number of halogens is 1. The Kier molecular flexibility index (Phi) is 4.42. The highest BCUT2D eigenvalue weighted by molar-refractivity contribution is 6.28. The quantitative estimate of drug-likeness (QED) is 0.843. The van der Waals surface area contributed by atoms with E-state index >= 15 is 0 Å². The first-order chi connectivity index (χ1) is 10.6. The third-order valence-corrected chi connectivity index (χ3v) is 4.47. The van der Waals surface area contributed by atoms with Gasteiger partial charge < -0.3 is 10.4 Å². The summed E-state index contributed by atoms with van der Waals surface area (Å²) in [6.07, 6.45) is 6.73. The van der Waals surface area contributed by atoms with E-state index in [1.807, 2.05) is 4.68 Å². The standard InChI is InChI=1S/C14H18ClN5O2/c15-13-16-6-11-7-18-20(12(11)19-13)8-10-3-1-9(2-4-10)5-17-14(21)22/h6-7,9-10,17H,1-5,8H2,(H,21,22). The number of nitrogens with one attached hydrogen (secondary N) is 1. The molecule has 1 amide bonds. The van der Waals surface area contributed by atoms with E-state index in [0.717, 1.165) is 43.3 Å². The molecule has 8 heteroatoms. The molecule has 2 aromatic rings. The normalized spacial score (nSPS) is 21.9. The topological polar surface area (TPSA) is 92.9 Å². The van der Waals surface area contributed by atoms with Gasteiger partial charge in [0, 0.05) is 19.3 Å². The van der Waals surface area contributed by atoms with Crippen LogP contribution in [0.4, 0.5) is 4.79 Å². The summed E-state index contributed by atoms with van der Waals surface area (Å²) in [6.45, 7) is 1.37. The van der Waals surface area contributed by atoms with Gasteiger partial charge in [0.15, 0.2) is 5.65 Å². The average Bonchev–Trinajstić information content (AvgIpc) is 2.89. The molecule has 1 aliphatic carbocycles. The second-order valence-electron chi connectivity index (χ2n) is 5.82. The Morgan fingerprint density at radius 1 is 1.32 bits per heavy atom. The van der Waals surface area contributed by atoms with Crippen molar-refractivity contribution in [2.75, 3.05) is 6.54 Å². The van der Waals surface area contributed by atoms with Crippen LogP contribution >= 0.6 is 11.6 Å².